The number of pyridine rings is 1. The van der Waals surface area contributed by atoms with E-state index in [9.17, 15) is 9.90 Å². The molecule has 1 heterocycles. The fraction of sp³-hybridized carbons (Fsp3) is 0.238. The topological polar surface area (TPSA) is 59.4 Å². The van der Waals surface area contributed by atoms with Gasteiger partial charge in [0, 0.05) is 5.39 Å². The predicted molar refractivity (Wildman–Crippen MR) is 97.7 cm³/mol. The van der Waals surface area contributed by atoms with E-state index < -0.39 is 11.9 Å². The standard InChI is InChI=1S/C21H21NO3/c1-14(2)20(21(23)24)16-8-11-18(12-9-16)25-13-17-10-7-15-5-3-4-6-19(15)22-17/h3-12,14,20H,13H2,1-2H3,(H,23,24). The number of benzene rings is 2. The molecule has 0 saturated carbocycles. The van der Waals surface area contributed by atoms with Crippen molar-refractivity contribution < 1.29 is 14.6 Å². The molecule has 1 atom stereocenters. The van der Waals surface area contributed by atoms with Crippen LogP contribution in [0.5, 0.6) is 5.75 Å². The van der Waals surface area contributed by atoms with E-state index in [0.29, 0.717) is 12.4 Å². The van der Waals surface area contributed by atoms with Gasteiger partial charge < -0.3 is 9.84 Å². The van der Waals surface area contributed by atoms with Gasteiger partial charge in [-0.05, 0) is 35.7 Å². The Bertz CT molecular complexity index is 872. The summed E-state index contributed by atoms with van der Waals surface area (Å²) in [7, 11) is 0. The first-order valence-electron chi connectivity index (χ1n) is 8.35. The number of aromatic nitrogens is 1. The van der Waals surface area contributed by atoms with Gasteiger partial charge in [0.2, 0.25) is 0 Å². The lowest BCUT2D eigenvalue weighted by molar-refractivity contribution is -0.139. The number of carboxylic acid groups (broad SMARTS) is 1. The minimum atomic E-state index is -0.802. The van der Waals surface area contributed by atoms with Crippen molar-refractivity contribution in [3.05, 3.63) is 71.9 Å². The van der Waals surface area contributed by atoms with Crippen molar-refractivity contribution in [2.75, 3.05) is 0 Å². The molecule has 0 aliphatic heterocycles. The van der Waals surface area contributed by atoms with E-state index in [1.54, 1.807) is 0 Å². The van der Waals surface area contributed by atoms with E-state index in [0.717, 1.165) is 22.2 Å². The molecule has 2 aromatic carbocycles. The van der Waals surface area contributed by atoms with Crippen LogP contribution in [-0.4, -0.2) is 16.1 Å². The number of carboxylic acids is 1. The van der Waals surface area contributed by atoms with E-state index in [1.165, 1.54) is 0 Å². The molecular weight excluding hydrogens is 314 g/mol. The molecule has 3 rings (SSSR count). The fourth-order valence-electron chi connectivity index (χ4n) is 2.93. The minimum absolute atomic E-state index is 0.0334. The van der Waals surface area contributed by atoms with E-state index in [4.69, 9.17) is 4.74 Å². The highest BCUT2D eigenvalue weighted by atomic mass is 16.5. The van der Waals surface area contributed by atoms with Crippen LogP contribution in [0, 0.1) is 5.92 Å². The molecule has 0 radical (unpaired) electrons. The Morgan fingerprint density at radius 3 is 2.44 bits per heavy atom. The zero-order valence-electron chi connectivity index (χ0n) is 14.3. The van der Waals surface area contributed by atoms with Gasteiger partial charge in [0.1, 0.15) is 12.4 Å². The number of hydrogen-bond donors (Lipinski definition) is 1. The third-order valence-electron chi connectivity index (χ3n) is 4.21. The highest BCUT2D eigenvalue weighted by molar-refractivity contribution is 5.78. The first kappa shape index (κ1) is 17.0. The summed E-state index contributed by atoms with van der Waals surface area (Å²) in [6.45, 7) is 4.19. The Morgan fingerprint density at radius 2 is 1.76 bits per heavy atom. The van der Waals surface area contributed by atoms with Crippen LogP contribution in [0.4, 0.5) is 0 Å². The second-order valence-corrected chi connectivity index (χ2v) is 6.41. The smallest absolute Gasteiger partial charge is 0.311 e. The first-order valence-corrected chi connectivity index (χ1v) is 8.35. The molecule has 3 aromatic rings. The van der Waals surface area contributed by atoms with Gasteiger partial charge in [0.15, 0.2) is 0 Å². The molecule has 128 valence electrons. The second kappa shape index (κ2) is 7.34. The Kier molecular flexibility index (Phi) is 4.98. The van der Waals surface area contributed by atoms with Gasteiger partial charge in [-0.2, -0.15) is 0 Å². The van der Waals surface area contributed by atoms with E-state index in [-0.39, 0.29) is 5.92 Å². The summed E-state index contributed by atoms with van der Waals surface area (Å²) < 4.78 is 5.79. The number of fused-ring (bicyclic) bond motifs is 1. The monoisotopic (exact) mass is 335 g/mol. The molecule has 0 aliphatic carbocycles. The summed E-state index contributed by atoms with van der Waals surface area (Å²) in [5, 5.41) is 10.5. The van der Waals surface area contributed by atoms with Crippen LogP contribution in [0.2, 0.25) is 0 Å². The SMILES string of the molecule is CC(C)C(C(=O)O)c1ccc(OCc2ccc3ccccc3n2)cc1. The van der Waals surface area contributed by atoms with Crippen LogP contribution in [0.25, 0.3) is 10.9 Å². The molecule has 0 amide bonds. The maximum atomic E-state index is 11.4. The molecule has 4 heteroatoms. The maximum absolute atomic E-state index is 11.4. The summed E-state index contributed by atoms with van der Waals surface area (Å²) in [5.41, 5.74) is 2.59. The normalized spacial score (nSPS) is 12.3. The molecule has 1 unspecified atom stereocenters. The number of carbonyl (C=O) groups is 1. The third kappa shape index (κ3) is 3.97. The van der Waals surface area contributed by atoms with Crippen LogP contribution in [0.1, 0.15) is 31.0 Å². The Labute approximate surface area is 147 Å². The number of para-hydroxylation sites is 1. The van der Waals surface area contributed by atoms with Crippen LogP contribution in [0.3, 0.4) is 0 Å². The van der Waals surface area contributed by atoms with Gasteiger partial charge >= 0.3 is 5.97 Å². The van der Waals surface area contributed by atoms with Gasteiger partial charge in [-0.25, -0.2) is 4.98 Å². The van der Waals surface area contributed by atoms with Gasteiger partial charge in [0.25, 0.3) is 0 Å². The fourth-order valence-corrected chi connectivity index (χ4v) is 2.93. The second-order valence-electron chi connectivity index (χ2n) is 6.41. The molecule has 0 bridgehead atoms. The molecule has 0 aliphatic rings. The Balaban J connectivity index is 1.69. The average Bonchev–Trinajstić information content (AvgIpc) is 2.60. The average molecular weight is 335 g/mol. The van der Waals surface area contributed by atoms with E-state index >= 15 is 0 Å². The molecule has 0 fully saturated rings. The summed E-state index contributed by atoms with van der Waals surface area (Å²) in [4.78, 5) is 16.0. The van der Waals surface area contributed by atoms with Crippen LogP contribution < -0.4 is 4.74 Å². The van der Waals surface area contributed by atoms with Crippen molar-refractivity contribution in [2.45, 2.75) is 26.4 Å². The summed E-state index contributed by atoms with van der Waals surface area (Å²) in [6.07, 6.45) is 0. The number of aliphatic carboxylic acids is 1. The van der Waals surface area contributed by atoms with Gasteiger partial charge in [-0.15, -0.1) is 0 Å². The molecule has 25 heavy (non-hydrogen) atoms. The van der Waals surface area contributed by atoms with Gasteiger partial charge in [-0.3, -0.25) is 4.79 Å². The lowest BCUT2D eigenvalue weighted by Crippen LogP contribution is -2.17. The van der Waals surface area contributed by atoms with Gasteiger partial charge in [-0.1, -0.05) is 50.2 Å². The molecule has 1 aromatic heterocycles. The molecular formula is C21H21NO3. The lowest BCUT2D eigenvalue weighted by atomic mass is 9.88. The zero-order chi connectivity index (χ0) is 17.8. The number of rotatable bonds is 6. The van der Waals surface area contributed by atoms with Crippen molar-refractivity contribution in [3.8, 4) is 5.75 Å². The van der Waals surface area contributed by atoms with Crippen LogP contribution >= 0.6 is 0 Å². The number of ether oxygens (including phenoxy) is 1. The molecule has 4 nitrogen and oxygen atoms in total. The Morgan fingerprint density at radius 1 is 1.04 bits per heavy atom. The Hall–Kier alpha value is -2.88. The predicted octanol–water partition coefficient (Wildman–Crippen LogP) is 4.64. The zero-order valence-corrected chi connectivity index (χ0v) is 14.3. The summed E-state index contributed by atoms with van der Waals surface area (Å²) in [5.74, 6) is -0.571. The van der Waals surface area contributed by atoms with E-state index in [1.807, 2.05) is 74.5 Å². The summed E-state index contributed by atoms with van der Waals surface area (Å²) in [6, 6.07) is 19.2. The summed E-state index contributed by atoms with van der Waals surface area (Å²) >= 11 is 0. The van der Waals surface area contributed by atoms with Crippen LogP contribution in [0.15, 0.2) is 60.7 Å². The van der Waals surface area contributed by atoms with E-state index in [2.05, 4.69) is 4.98 Å². The highest BCUT2D eigenvalue weighted by Crippen LogP contribution is 2.26. The van der Waals surface area contributed by atoms with Crippen molar-refractivity contribution in [2.24, 2.45) is 5.92 Å². The van der Waals surface area contributed by atoms with Crippen molar-refractivity contribution in [1.29, 1.82) is 0 Å². The minimum Gasteiger partial charge on any atom is -0.487 e. The van der Waals surface area contributed by atoms with Gasteiger partial charge in [0.05, 0.1) is 17.1 Å². The lowest BCUT2D eigenvalue weighted by Gasteiger charge is -2.17. The molecule has 1 N–H and O–H groups in total. The molecule has 0 saturated heterocycles. The largest absolute Gasteiger partial charge is 0.487 e. The highest BCUT2D eigenvalue weighted by Gasteiger charge is 2.23. The number of nitrogens with zero attached hydrogens (tertiary/aromatic N) is 1. The molecule has 0 spiro atoms. The van der Waals surface area contributed by atoms with Crippen LogP contribution in [-0.2, 0) is 11.4 Å². The third-order valence-corrected chi connectivity index (χ3v) is 4.21. The van der Waals surface area contributed by atoms with Crippen molar-refractivity contribution in [3.63, 3.8) is 0 Å². The van der Waals surface area contributed by atoms with Crippen molar-refractivity contribution in [1.82, 2.24) is 4.98 Å². The first-order chi connectivity index (χ1) is 12.0. The maximum Gasteiger partial charge on any atom is 0.311 e. The number of hydrogen-bond acceptors (Lipinski definition) is 3. The quantitative estimate of drug-likeness (QED) is 0.713. The van der Waals surface area contributed by atoms with Crippen molar-refractivity contribution >= 4 is 16.9 Å².